The van der Waals surface area contributed by atoms with Crippen LogP contribution in [0.2, 0.25) is 0 Å². The van der Waals surface area contributed by atoms with Gasteiger partial charge in [0.1, 0.15) is 0 Å². The Bertz CT molecular complexity index is 944. The van der Waals surface area contributed by atoms with Crippen molar-refractivity contribution in [3.63, 3.8) is 0 Å². The van der Waals surface area contributed by atoms with Gasteiger partial charge < -0.3 is 20.3 Å². The highest BCUT2D eigenvalue weighted by molar-refractivity contribution is 5.76. The molecule has 0 aliphatic heterocycles. The van der Waals surface area contributed by atoms with Crippen LogP contribution in [0.15, 0.2) is 0 Å². The van der Waals surface area contributed by atoms with Crippen molar-refractivity contribution in [3.05, 3.63) is 0 Å². The molecule has 0 saturated heterocycles. The van der Waals surface area contributed by atoms with Crippen molar-refractivity contribution in [1.82, 2.24) is 5.32 Å². The number of aliphatic hydroxyl groups is 2. The standard InChI is InChI=1S/C60H119NO5/c1-3-5-7-9-11-13-14-15-16-24-28-31-34-38-42-46-50-54-60(65)66-55-51-47-43-39-35-32-29-26-23-21-19-17-18-20-22-25-27-30-33-37-41-45-49-53-59(64)61-57(56-62)58(63)52-48-44-40-36-12-10-8-6-4-2/h57-58,62-63H,3-56H2,1-2H3,(H,61,64). The lowest BCUT2D eigenvalue weighted by atomic mass is 10.0. The molecule has 2 unspecified atom stereocenters. The summed E-state index contributed by atoms with van der Waals surface area (Å²) in [7, 11) is 0. The van der Waals surface area contributed by atoms with E-state index < -0.39 is 12.1 Å². The second-order valence-corrected chi connectivity index (χ2v) is 21.1. The van der Waals surface area contributed by atoms with Crippen molar-refractivity contribution in [1.29, 1.82) is 0 Å². The van der Waals surface area contributed by atoms with Gasteiger partial charge in [-0.3, -0.25) is 9.59 Å². The molecule has 0 bridgehead atoms. The summed E-state index contributed by atoms with van der Waals surface area (Å²) in [6.45, 7) is 4.96. The monoisotopic (exact) mass is 934 g/mol. The third-order valence-corrected chi connectivity index (χ3v) is 14.4. The Kier molecular flexibility index (Phi) is 55.5. The molecular weight excluding hydrogens is 815 g/mol. The fourth-order valence-corrected chi connectivity index (χ4v) is 9.76. The zero-order chi connectivity index (χ0) is 47.9. The molecule has 6 nitrogen and oxygen atoms in total. The normalized spacial score (nSPS) is 12.5. The summed E-state index contributed by atoms with van der Waals surface area (Å²) in [5, 5.41) is 23.1. The van der Waals surface area contributed by atoms with E-state index in [1.807, 2.05) is 0 Å². The van der Waals surface area contributed by atoms with Crippen LogP contribution in [-0.2, 0) is 14.3 Å². The minimum absolute atomic E-state index is 0.0191. The highest BCUT2D eigenvalue weighted by Crippen LogP contribution is 2.18. The zero-order valence-corrected chi connectivity index (χ0v) is 45.0. The fourth-order valence-electron chi connectivity index (χ4n) is 9.76. The van der Waals surface area contributed by atoms with E-state index in [1.54, 1.807) is 0 Å². The van der Waals surface area contributed by atoms with Crippen molar-refractivity contribution < 1.29 is 24.5 Å². The van der Waals surface area contributed by atoms with Gasteiger partial charge in [0, 0.05) is 12.8 Å². The molecule has 2 atom stereocenters. The van der Waals surface area contributed by atoms with E-state index in [4.69, 9.17) is 4.74 Å². The summed E-state index contributed by atoms with van der Waals surface area (Å²) >= 11 is 0. The lowest BCUT2D eigenvalue weighted by Gasteiger charge is -2.22. The van der Waals surface area contributed by atoms with Gasteiger partial charge in [-0.15, -0.1) is 0 Å². The molecule has 0 spiro atoms. The van der Waals surface area contributed by atoms with E-state index in [0.29, 0.717) is 25.9 Å². The Morgan fingerprint density at radius 1 is 0.364 bits per heavy atom. The molecule has 0 aromatic rings. The van der Waals surface area contributed by atoms with Crippen molar-refractivity contribution >= 4 is 11.9 Å². The van der Waals surface area contributed by atoms with Gasteiger partial charge in [-0.25, -0.2) is 0 Å². The number of rotatable bonds is 57. The van der Waals surface area contributed by atoms with Gasteiger partial charge >= 0.3 is 5.97 Å². The Morgan fingerprint density at radius 3 is 0.924 bits per heavy atom. The van der Waals surface area contributed by atoms with Crippen LogP contribution in [-0.4, -0.2) is 47.4 Å². The van der Waals surface area contributed by atoms with Gasteiger partial charge in [0.05, 0.1) is 25.4 Å². The van der Waals surface area contributed by atoms with Crippen LogP contribution in [0.25, 0.3) is 0 Å². The molecule has 0 fully saturated rings. The van der Waals surface area contributed by atoms with Crippen LogP contribution in [0, 0.1) is 0 Å². The predicted molar refractivity (Wildman–Crippen MR) is 287 cm³/mol. The van der Waals surface area contributed by atoms with Crippen LogP contribution < -0.4 is 5.32 Å². The molecule has 394 valence electrons. The topological polar surface area (TPSA) is 95.9 Å². The van der Waals surface area contributed by atoms with Gasteiger partial charge in [-0.05, 0) is 25.7 Å². The molecular formula is C60H119NO5. The Hall–Kier alpha value is -1.14. The lowest BCUT2D eigenvalue weighted by Crippen LogP contribution is -2.45. The van der Waals surface area contributed by atoms with Crippen LogP contribution >= 0.6 is 0 Å². The summed E-state index contributed by atoms with van der Waals surface area (Å²) < 4.78 is 5.50. The van der Waals surface area contributed by atoms with Crippen molar-refractivity contribution in [2.75, 3.05) is 13.2 Å². The number of esters is 1. The van der Waals surface area contributed by atoms with Crippen LogP contribution in [0.5, 0.6) is 0 Å². The number of unbranched alkanes of at least 4 members (excludes halogenated alkanes) is 46. The maximum atomic E-state index is 12.4. The molecule has 0 aromatic carbocycles. The molecule has 0 aliphatic carbocycles. The van der Waals surface area contributed by atoms with E-state index in [2.05, 4.69) is 19.2 Å². The van der Waals surface area contributed by atoms with E-state index in [0.717, 1.165) is 38.5 Å². The predicted octanol–water partition coefficient (Wildman–Crippen LogP) is 18.7. The van der Waals surface area contributed by atoms with E-state index >= 15 is 0 Å². The average molecular weight is 935 g/mol. The third-order valence-electron chi connectivity index (χ3n) is 14.4. The minimum atomic E-state index is -0.660. The molecule has 0 heterocycles. The Balaban J connectivity index is 3.31. The maximum Gasteiger partial charge on any atom is 0.305 e. The number of aliphatic hydroxyl groups excluding tert-OH is 2. The highest BCUT2D eigenvalue weighted by atomic mass is 16.5. The van der Waals surface area contributed by atoms with E-state index in [1.165, 1.54) is 276 Å². The molecule has 0 saturated carbocycles. The summed E-state index contributed by atoms with van der Waals surface area (Å²) in [5.74, 6) is -0.0160. The van der Waals surface area contributed by atoms with Crippen molar-refractivity contribution in [2.24, 2.45) is 0 Å². The summed E-state index contributed by atoms with van der Waals surface area (Å²) in [5.41, 5.74) is 0. The number of nitrogens with one attached hydrogen (secondary N) is 1. The van der Waals surface area contributed by atoms with Gasteiger partial charge in [0.2, 0.25) is 5.91 Å². The molecule has 0 aliphatic rings. The summed E-state index contributed by atoms with van der Waals surface area (Å²) in [6, 6.07) is -0.537. The van der Waals surface area contributed by atoms with E-state index in [9.17, 15) is 19.8 Å². The first kappa shape index (κ1) is 64.9. The molecule has 66 heavy (non-hydrogen) atoms. The second kappa shape index (κ2) is 56.4. The molecule has 0 rings (SSSR count). The summed E-state index contributed by atoms with van der Waals surface area (Å²) in [4.78, 5) is 24.5. The number of hydrogen-bond donors (Lipinski definition) is 3. The van der Waals surface area contributed by atoms with Gasteiger partial charge in [0.15, 0.2) is 0 Å². The second-order valence-electron chi connectivity index (χ2n) is 21.1. The quantitative estimate of drug-likeness (QED) is 0.0417. The number of carbonyl (C=O) groups is 2. The minimum Gasteiger partial charge on any atom is -0.466 e. The number of hydrogen-bond acceptors (Lipinski definition) is 5. The number of ether oxygens (including phenoxy) is 1. The zero-order valence-electron chi connectivity index (χ0n) is 45.0. The average Bonchev–Trinajstić information content (AvgIpc) is 3.32. The fraction of sp³-hybridized carbons (Fsp3) is 0.967. The van der Waals surface area contributed by atoms with Crippen LogP contribution in [0.1, 0.15) is 348 Å². The maximum absolute atomic E-state index is 12.4. The Labute approximate surface area is 413 Å². The highest BCUT2D eigenvalue weighted by Gasteiger charge is 2.20. The third kappa shape index (κ3) is 52.2. The first-order chi connectivity index (χ1) is 32.5. The van der Waals surface area contributed by atoms with Crippen molar-refractivity contribution in [2.45, 2.75) is 360 Å². The van der Waals surface area contributed by atoms with Gasteiger partial charge in [0.25, 0.3) is 0 Å². The van der Waals surface area contributed by atoms with E-state index in [-0.39, 0.29) is 18.5 Å². The summed E-state index contributed by atoms with van der Waals surface area (Å²) in [6.07, 6.45) is 65.5. The largest absolute Gasteiger partial charge is 0.466 e. The molecule has 0 aromatic heterocycles. The lowest BCUT2D eigenvalue weighted by molar-refractivity contribution is -0.143. The number of carbonyl (C=O) groups excluding carboxylic acids is 2. The first-order valence-corrected chi connectivity index (χ1v) is 30.3. The smallest absolute Gasteiger partial charge is 0.305 e. The first-order valence-electron chi connectivity index (χ1n) is 30.3. The molecule has 1 amide bonds. The molecule has 6 heteroatoms. The molecule has 3 N–H and O–H groups in total. The van der Waals surface area contributed by atoms with Crippen LogP contribution in [0.4, 0.5) is 0 Å². The van der Waals surface area contributed by atoms with Crippen molar-refractivity contribution in [3.8, 4) is 0 Å². The van der Waals surface area contributed by atoms with Gasteiger partial charge in [-0.2, -0.15) is 0 Å². The molecule has 0 radical (unpaired) electrons. The van der Waals surface area contributed by atoms with Crippen LogP contribution in [0.3, 0.4) is 0 Å². The SMILES string of the molecule is CCCCCCCCCCCCCCCCCCCC(=O)OCCCCCCCCCCCCCCCCCCCCCCCCCC(=O)NC(CO)C(O)CCCCCCCCCCC. The Morgan fingerprint density at radius 2 is 0.621 bits per heavy atom. The number of amides is 1. The van der Waals surface area contributed by atoms with Gasteiger partial charge in [-0.1, -0.05) is 309 Å².